The van der Waals surface area contributed by atoms with Gasteiger partial charge in [0.1, 0.15) is 5.76 Å². The number of para-hydroxylation sites is 1. The zero-order valence-corrected chi connectivity index (χ0v) is 11.9. The van der Waals surface area contributed by atoms with Crippen molar-refractivity contribution in [1.82, 2.24) is 5.16 Å². The van der Waals surface area contributed by atoms with E-state index >= 15 is 0 Å². The smallest absolute Gasteiger partial charge is 0.277 e. The summed E-state index contributed by atoms with van der Waals surface area (Å²) in [6.45, 7) is 3.90. The number of amides is 1. The zero-order chi connectivity index (χ0) is 14.0. The second kappa shape index (κ2) is 5.63. The van der Waals surface area contributed by atoms with Gasteiger partial charge in [0.2, 0.25) is 0 Å². The fourth-order valence-electron chi connectivity index (χ4n) is 1.46. The maximum Gasteiger partial charge on any atom is 0.277 e. The first-order chi connectivity index (χ1) is 8.99. The summed E-state index contributed by atoms with van der Waals surface area (Å²) in [5.74, 6) is 0.402. The Labute approximate surface area is 120 Å². The van der Waals surface area contributed by atoms with Gasteiger partial charge in [0.05, 0.1) is 15.7 Å². The Balaban J connectivity index is 2.21. The van der Waals surface area contributed by atoms with E-state index in [-0.39, 0.29) is 11.6 Å². The monoisotopic (exact) mass is 298 g/mol. The summed E-state index contributed by atoms with van der Waals surface area (Å²) < 4.78 is 5.07. The third-order valence-electron chi connectivity index (χ3n) is 2.53. The highest BCUT2D eigenvalue weighted by atomic mass is 35.5. The number of anilines is 1. The van der Waals surface area contributed by atoms with Gasteiger partial charge in [0.15, 0.2) is 5.69 Å². The van der Waals surface area contributed by atoms with Crippen molar-refractivity contribution in [1.29, 1.82) is 0 Å². The lowest BCUT2D eigenvalue weighted by molar-refractivity contribution is 0.101. The first kappa shape index (κ1) is 13.9. The number of carbonyl (C=O) groups excluding carboxylic acids is 1. The number of carbonyl (C=O) groups is 1. The Bertz CT molecular complexity index is 588. The lowest BCUT2D eigenvalue weighted by Crippen LogP contribution is -2.12. The number of hydrogen-bond acceptors (Lipinski definition) is 3. The fraction of sp³-hybridized carbons (Fsp3) is 0.231. The van der Waals surface area contributed by atoms with E-state index in [2.05, 4.69) is 10.5 Å². The van der Waals surface area contributed by atoms with E-state index in [0.29, 0.717) is 21.5 Å². The Morgan fingerprint density at radius 2 is 1.95 bits per heavy atom. The van der Waals surface area contributed by atoms with Crippen molar-refractivity contribution in [2.45, 2.75) is 19.8 Å². The molecule has 2 aromatic rings. The molecule has 1 N–H and O–H groups in total. The van der Waals surface area contributed by atoms with Crippen LogP contribution >= 0.6 is 23.2 Å². The predicted octanol–water partition coefficient (Wildman–Crippen LogP) is 4.36. The minimum Gasteiger partial charge on any atom is -0.360 e. The molecule has 100 valence electrons. The maximum absolute atomic E-state index is 12.0. The average molecular weight is 299 g/mol. The van der Waals surface area contributed by atoms with Gasteiger partial charge >= 0.3 is 0 Å². The van der Waals surface area contributed by atoms with Crippen LogP contribution in [0.5, 0.6) is 0 Å². The molecule has 0 saturated carbocycles. The van der Waals surface area contributed by atoms with Crippen LogP contribution in [0.15, 0.2) is 28.8 Å². The topological polar surface area (TPSA) is 55.1 Å². The van der Waals surface area contributed by atoms with Gasteiger partial charge in [-0.15, -0.1) is 0 Å². The molecule has 1 heterocycles. The van der Waals surface area contributed by atoms with Crippen LogP contribution in [0.2, 0.25) is 10.0 Å². The van der Waals surface area contributed by atoms with Crippen LogP contribution in [0, 0.1) is 0 Å². The van der Waals surface area contributed by atoms with E-state index < -0.39 is 5.91 Å². The molecule has 0 atom stereocenters. The number of nitrogens with one attached hydrogen (secondary N) is 1. The molecule has 1 amide bonds. The average Bonchev–Trinajstić information content (AvgIpc) is 2.83. The summed E-state index contributed by atoms with van der Waals surface area (Å²) in [5, 5.41) is 7.08. The van der Waals surface area contributed by atoms with Crippen LogP contribution in [-0.4, -0.2) is 11.1 Å². The molecule has 0 spiro atoms. The van der Waals surface area contributed by atoms with Gasteiger partial charge in [-0.1, -0.05) is 48.3 Å². The van der Waals surface area contributed by atoms with Gasteiger partial charge < -0.3 is 9.84 Å². The van der Waals surface area contributed by atoms with Crippen molar-refractivity contribution in [2.75, 3.05) is 5.32 Å². The lowest BCUT2D eigenvalue weighted by Gasteiger charge is -2.07. The van der Waals surface area contributed by atoms with Crippen molar-refractivity contribution in [3.05, 3.63) is 45.8 Å². The number of hydrogen-bond donors (Lipinski definition) is 1. The van der Waals surface area contributed by atoms with Crippen LogP contribution in [0.1, 0.15) is 36.0 Å². The van der Waals surface area contributed by atoms with E-state index in [1.165, 1.54) is 0 Å². The van der Waals surface area contributed by atoms with Gasteiger partial charge in [-0.05, 0) is 12.1 Å². The van der Waals surface area contributed by atoms with Crippen molar-refractivity contribution >= 4 is 34.8 Å². The van der Waals surface area contributed by atoms with E-state index in [1.54, 1.807) is 24.3 Å². The normalized spacial score (nSPS) is 10.8. The molecule has 19 heavy (non-hydrogen) atoms. The van der Waals surface area contributed by atoms with Crippen LogP contribution < -0.4 is 5.32 Å². The molecule has 1 aromatic carbocycles. The highest BCUT2D eigenvalue weighted by Crippen LogP contribution is 2.30. The SMILES string of the molecule is CC(C)c1cc(C(=O)Nc2c(Cl)cccc2Cl)no1. The third kappa shape index (κ3) is 3.08. The molecule has 2 rings (SSSR count). The van der Waals surface area contributed by atoms with Crippen LogP contribution in [0.25, 0.3) is 0 Å². The van der Waals surface area contributed by atoms with Gasteiger partial charge in [-0.2, -0.15) is 0 Å². The summed E-state index contributed by atoms with van der Waals surface area (Å²) in [6, 6.07) is 6.59. The number of nitrogens with zero attached hydrogens (tertiary/aromatic N) is 1. The summed E-state index contributed by atoms with van der Waals surface area (Å²) in [7, 11) is 0. The van der Waals surface area contributed by atoms with Crippen LogP contribution in [0.4, 0.5) is 5.69 Å². The first-order valence-electron chi connectivity index (χ1n) is 5.71. The number of halogens is 2. The van der Waals surface area contributed by atoms with E-state index in [1.807, 2.05) is 13.8 Å². The molecular weight excluding hydrogens is 287 g/mol. The van der Waals surface area contributed by atoms with E-state index in [9.17, 15) is 4.79 Å². The van der Waals surface area contributed by atoms with Crippen LogP contribution in [0.3, 0.4) is 0 Å². The molecular formula is C13H12Cl2N2O2. The Hall–Kier alpha value is -1.52. The molecule has 0 bridgehead atoms. The zero-order valence-electron chi connectivity index (χ0n) is 10.4. The number of aromatic nitrogens is 1. The third-order valence-corrected chi connectivity index (χ3v) is 3.16. The number of benzene rings is 1. The number of rotatable bonds is 3. The van der Waals surface area contributed by atoms with Crippen molar-refractivity contribution < 1.29 is 9.32 Å². The summed E-state index contributed by atoms with van der Waals surface area (Å²) in [6.07, 6.45) is 0. The molecule has 0 unspecified atom stereocenters. The quantitative estimate of drug-likeness (QED) is 0.916. The second-order valence-corrected chi connectivity index (χ2v) is 5.13. The minimum atomic E-state index is -0.411. The fourth-order valence-corrected chi connectivity index (χ4v) is 1.96. The summed E-state index contributed by atoms with van der Waals surface area (Å²) >= 11 is 11.9. The van der Waals surface area contributed by atoms with Crippen molar-refractivity contribution in [2.24, 2.45) is 0 Å². The van der Waals surface area contributed by atoms with E-state index in [4.69, 9.17) is 27.7 Å². The highest BCUT2D eigenvalue weighted by molar-refractivity contribution is 6.39. The Kier molecular flexibility index (Phi) is 4.12. The maximum atomic E-state index is 12.0. The summed E-state index contributed by atoms with van der Waals surface area (Å²) in [5.41, 5.74) is 0.560. The first-order valence-corrected chi connectivity index (χ1v) is 6.46. The molecule has 0 fully saturated rings. The lowest BCUT2D eigenvalue weighted by atomic mass is 10.1. The van der Waals surface area contributed by atoms with E-state index in [0.717, 1.165) is 0 Å². The van der Waals surface area contributed by atoms with Crippen molar-refractivity contribution in [3.8, 4) is 0 Å². The second-order valence-electron chi connectivity index (χ2n) is 4.32. The standard InChI is InChI=1S/C13H12Cl2N2O2/c1-7(2)11-6-10(17-19-11)13(18)16-12-8(14)4-3-5-9(12)15/h3-7H,1-2H3,(H,16,18). The molecule has 4 nitrogen and oxygen atoms in total. The molecule has 6 heteroatoms. The van der Waals surface area contributed by atoms with Crippen LogP contribution in [-0.2, 0) is 0 Å². The van der Waals surface area contributed by atoms with Gasteiger partial charge in [0, 0.05) is 12.0 Å². The van der Waals surface area contributed by atoms with Gasteiger partial charge in [-0.25, -0.2) is 0 Å². The Morgan fingerprint density at radius 3 is 2.47 bits per heavy atom. The van der Waals surface area contributed by atoms with Gasteiger partial charge in [-0.3, -0.25) is 4.79 Å². The predicted molar refractivity (Wildman–Crippen MR) is 75.0 cm³/mol. The Morgan fingerprint density at radius 1 is 1.32 bits per heavy atom. The molecule has 1 aromatic heterocycles. The molecule has 0 aliphatic heterocycles. The summed E-state index contributed by atoms with van der Waals surface area (Å²) in [4.78, 5) is 12.0. The molecule has 0 aliphatic rings. The molecule has 0 radical (unpaired) electrons. The molecule has 0 saturated heterocycles. The highest BCUT2D eigenvalue weighted by Gasteiger charge is 2.16. The minimum absolute atomic E-state index is 0.165. The van der Waals surface area contributed by atoms with Crippen molar-refractivity contribution in [3.63, 3.8) is 0 Å². The molecule has 0 aliphatic carbocycles. The largest absolute Gasteiger partial charge is 0.360 e. The van der Waals surface area contributed by atoms with Gasteiger partial charge in [0.25, 0.3) is 5.91 Å².